The lowest BCUT2D eigenvalue weighted by atomic mass is 9.88. The van der Waals surface area contributed by atoms with Crippen molar-refractivity contribution in [1.29, 1.82) is 0 Å². The van der Waals surface area contributed by atoms with Crippen molar-refractivity contribution in [1.82, 2.24) is 0 Å². The number of Topliss-reactive ketones (excluding diaryl/α,β-unsaturated/α-hetero) is 1. The number of benzene rings is 1. The topological polar surface area (TPSA) is 43.1 Å². The van der Waals surface area contributed by atoms with Gasteiger partial charge in [0.1, 0.15) is 0 Å². The molecule has 16 heavy (non-hydrogen) atoms. The lowest BCUT2D eigenvalue weighted by Crippen LogP contribution is -2.45. The molecular weight excluding hydrogens is 198 g/mol. The molecular formula is C14H19NO. The maximum atomic E-state index is 12.3. The first-order valence-electron chi connectivity index (χ1n) is 5.94. The van der Waals surface area contributed by atoms with E-state index in [1.165, 1.54) is 5.56 Å². The predicted octanol–water partition coefficient (Wildman–Crippen LogP) is 2.76. The van der Waals surface area contributed by atoms with Crippen LogP contribution in [0.3, 0.4) is 0 Å². The van der Waals surface area contributed by atoms with Gasteiger partial charge in [-0.05, 0) is 43.9 Å². The third-order valence-corrected chi connectivity index (χ3v) is 3.72. The molecule has 0 atom stereocenters. The molecule has 0 saturated heterocycles. The van der Waals surface area contributed by atoms with Crippen molar-refractivity contribution in [3.8, 4) is 0 Å². The van der Waals surface area contributed by atoms with E-state index in [0.717, 1.165) is 36.8 Å². The summed E-state index contributed by atoms with van der Waals surface area (Å²) >= 11 is 0. The second-order valence-electron chi connectivity index (χ2n) is 4.99. The minimum Gasteiger partial charge on any atom is -0.319 e. The Hall–Kier alpha value is -1.15. The summed E-state index contributed by atoms with van der Waals surface area (Å²) in [5.74, 6) is 0.119. The van der Waals surface area contributed by atoms with Gasteiger partial charge in [0.15, 0.2) is 5.78 Å². The third-order valence-electron chi connectivity index (χ3n) is 3.72. The second-order valence-corrected chi connectivity index (χ2v) is 4.99. The third kappa shape index (κ3) is 1.90. The van der Waals surface area contributed by atoms with Crippen LogP contribution in [0, 0.1) is 13.8 Å². The van der Waals surface area contributed by atoms with Crippen LogP contribution in [0.5, 0.6) is 0 Å². The van der Waals surface area contributed by atoms with Gasteiger partial charge in [0.05, 0.1) is 5.54 Å². The molecule has 0 bridgehead atoms. The van der Waals surface area contributed by atoms with Crippen molar-refractivity contribution in [2.75, 3.05) is 0 Å². The Morgan fingerprint density at radius 2 is 1.81 bits per heavy atom. The van der Waals surface area contributed by atoms with Crippen LogP contribution in [-0.4, -0.2) is 11.3 Å². The zero-order chi connectivity index (χ0) is 11.8. The number of ketones is 1. The summed E-state index contributed by atoms with van der Waals surface area (Å²) in [5.41, 5.74) is 8.72. The van der Waals surface area contributed by atoms with Gasteiger partial charge >= 0.3 is 0 Å². The van der Waals surface area contributed by atoms with Crippen molar-refractivity contribution in [2.24, 2.45) is 5.73 Å². The van der Waals surface area contributed by atoms with E-state index >= 15 is 0 Å². The Kier molecular flexibility index (Phi) is 2.85. The molecule has 2 rings (SSSR count). The van der Waals surface area contributed by atoms with Gasteiger partial charge in [-0.1, -0.05) is 25.0 Å². The molecule has 1 saturated carbocycles. The Bertz CT molecular complexity index is 417. The highest BCUT2D eigenvalue weighted by Gasteiger charge is 2.37. The number of hydrogen-bond donors (Lipinski definition) is 1. The lowest BCUT2D eigenvalue weighted by Gasteiger charge is -2.22. The largest absolute Gasteiger partial charge is 0.319 e. The van der Waals surface area contributed by atoms with Crippen LogP contribution in [0.1, 0.15) is 47.2 Å². The summed E-state index contributed by atoms with van der Waals surface area (Å²) in [7, 11) is 0. The molecule has 1 aromatic carbocycles. The fourth-order valence-electron chi connectivity index (χ4n) is 2.40. The van der Waals surface area contributed by atoms with E-state index in [2.05, 4.69) is 6.92 Å². The number of rotatable bonds is 2. The van der Waals surface area contributed by atoms with Gasteiger partial charge in [-0.25, -0.2) is 0 Å². The zero-order valence-electron chi connectivity index (χ0n) is 10.0. The number of carbonyl (C=O) groups is 1. The molecule has 0 spiro atoms. The van der Waals surface area contributed by atoms with Gasteiger partial charge in [0, 0.05) is 5.56 Å². The van der Waals surface area contributed by atoms with Crippen LogP contribution in [0.15, 0.2) is 18.2 Å². The average Bonchev–Trinajstić information content (AvgIpc) is 2.70. The van der Waals surface area contributed by atoms with Crippen molar-refractivity contribution in [3.63, 3.8) is 0 Å². The van der Waals surface area contributed by atoms with E-state index in [4.69, 9.17) is 5.73 Å². The molecule has 1 aromatic rings. The van der Waals surface area contributed by atoms with Crippen molar-refractivity contribution >= 4 is 5.78 Å². The summed E-state index contributed by atoms with van der Waals surface area (Å²) in [6.45, 7) is 4.08. The molecule has 0 unspecified atom stereocenters. The predicted molar refractivity (Wildman–Crippen MR) is 65.6 cm³/mol. The fourth-order valence-corrected chi connectivity index (χ4v) is 2.40. The summed E-state index contributed by atoms with van der Waals surface area (Å²) in [4.78, 5) is 12.3. The molecule has 0 amide bonds. The van der Waals surface area contributed by atoms with E-state index in [1.807, 2.05) is 25.1 Å². The number of aryl methyl sites for hydroxylation is 2. The molecule has 86 valence electrons. The normalized spacial score (nSPS) is 18.7. The first kappa shape index (κ1) is 11.3. The van der Waals surface area contributed by atoms with Crippen LogP contribution in [0.4, 0.5) is 0 Å². The van der Waals surface area contributed by atoms with E-state index < -0.39 is 5.54 Å². The van der Waals surface area contributed by atoms with Crippen LogP contribution < -0.4 is 5.73 Å². The Morgan fingerprint density at radius 3 is 2.38 bits per heavy atom. The van der Waals surface area contributed by atoms with Gasteiger partial charge in [-0.3, -0.25) is 4.79 Å². The molecule has 0 aliphatic heterocycles. The zero-order valence-corrected chi connectivity index (χ0v) is 10.0. The second kappa shape index (κ2) is 4.02. The first-order chi connectivity index (χ1) is 7.53. The van der Waals surface area contributed by atoms with Gasteiger partial charge < -0.3 is 5.73 Å². The van der Waals surface area contributed by atoms with Crippen LogP contribution >= 0.6 is 0 Å². The highest BCUT2D eigenvalue weighted by molar-refractivity contribution is 6.03. The Labute approximate surface area is 96.8 Å². The van der Waals surface area contributed by atoms with E-state index in [1.54, 1.807) is 0 Å². The highest BCUT2D eigenvalue weighted by atomic mass is 16.1. The smallest absolute Gasteiger partial charge is 0.182 e. The summed E-state index contributed by atoms with van der Waals surface area (Å²) in [6.07, 6.45) is 3.82. The fraction of sp³-hybridized carbons (Fsp3) is 0.500. The maximum Gasteiger partial charge on any atom is 0.182 e. The van der Waals surface area contributed by atoms with Gasteiger partial charge in [0.2, 0.25) is 0 Å². The number of nitrogens with two attached hydrogens (primary N) is 1. The summed E-state index contributed by atoms with van der Waals surface area (Å²) in [6, 6.07) is 5.86. The molecule has 2 nitrogen and oxygen atoms in total. The van der Waals surface area contributed by atoms with Gasteiger partial charge in [-0.2, -0.15) is 0 Å². The molecule has 0 aromatic heterocycles. The van der Waals surface area contributed by atoms with E-state index in [-0.39, 0.29) is 5.78 Å². The SMILES string of the molecule is Cc1ccc(C(=O)C2(N)CCCC2)cc1C. The van der Waals surface area contributed by atoms with E-state index in [0.29, 0.717) is 0 Å². The minimum atomic E-state index is -0.596. The van der Waals surface area contributed by atoms with Gasteiger partial charge in [0.25, 0.3) is 0 Å². The standard InChI is InChI=1S/C14H19NO/c1-10-5-6-12(9-11(10)2)13(16)14(15)7-3-4-8-14/h5-6,9H,3-4,7-8,15H2,1-2H3. The monoisotopic (exact) mass is 217 g/mol. The Balaban J connectivity index is 2.30. The Morgan fingerprint density at radius 1 is 1.19 bits per heavy atom. The first-order valence-corrected chi connectivity index (χ1v) is 5.94. The molecule has 0 radical (unpaired) electrons. The van der Waals surface area contributed by atoms with E-state index in [9.17, 15) is 4.79 Å². The summed E-state index contributed by atoms with van der Waals surface area (Å²) in [5, 5.41) is 0. The molecule has 0 heterocycles. The molecule has 2 heteroatoms. The van der Waals surface area contributed by atoms with Crippen molar-refractivity contribution < 1.29 is 4.79 Å². The van der Waals surface area contributed by atoms with Crippen molar-refractivity contribution in [2.45, 2.75) is 45.1 Å². The highest BCUT2D eigenvalue weighted by Crippen LogP contribution is 2.30. The lowest BCUT2D eigenvalue weighted by molar-refractivity contribution is 0.0892. The molecule has 2 N–H and O–H groups in total. The number of hydrogen-bond acceptors (Lipinski definition) is 2. The molecule has 1 fully saturated rings. The maximum absolute atomic E-state index is 12.3. The van der Waals surface area contributed by atoms with Crippen molar-refractivity contribution in [3.05, 3.63) is 34.9 Å². The number of carbonyl (C=O) groups excluding carboxylic acids is 1. The van der Waals surface area contributed by atoms with Crippen LogP contribution in [0.25, 0.3) is 0 Å². The summed E-state index contributed by atoms with van der Waals surface area (Å²) < 4.78 is 0. The minimum absolute atomic E-state index is 0.119. The molecule has 1 aliphatic carbocycles. The van der Waals surface area contributed by atoms with Crippen LogP contribution in [0.2, 0.25) is 0 Å². The molecule has 1 aliphatic rings. The quantitative estimate of drug-likeness (QED) is 0.774. The van der Waals surface area contributed by atoms with Crippen LogP contribution in [-0.2, 0) is 0 Å². The van der Waals surface area contributed by atoms with Gasteiger partial charge in [-0.15, -0.1) is 0 Å². The average molecular weight is 217 g/mol.